The molecule has 2 aromatic rings. The molecule has 0 heterocycles. The summed E-state index contributed by atoms with van der Waals surface area (Å²) >= 11 is 12.1. The molecule has 0 bridgehead atoms. The Morgan fingerprint density at radius 2 is 1.56 bits per heavy atom. The first-order chi connectivity index (χ1) is 8.59. The maximum absolute atomic E-state index is 13.5. The van der Waals surface area contributed by atoms with Crippen molar-refractivity contribution in [1.82, 2.24) is 0 Å². The van der Waals surface area contributed by atoms with E-state index in [1.54, 1.807) is 18.2 Å². The van der Waals surface area contributed by atoms with Gasteiger partial charge in [-0.1, -0.05) is 35.9 Å². The van der Waals surface area contributed by atoms with Gasteiger partial charge < -0.3 is 0 Å². The molecule has 2 aromatic carbocycles. The van der Waals surface area contributed by atoms with E-state index in [0.717, 1.165) is 5.56 Å². The first-order valence-corrected chi connectivity index (χ1v) is 6.22. The Morgan fingerprint density at radius 1 is 0.944 bits per heavy atom. The first kappa shape index (κ1) is 13.3. The monoisotopic (exact) mass is 286 g/mol. The minimum Gasteiger partial charge on any atom is -0.207 e. The maximum atomic E-state index is 13.5. The molecule has 2 rings (SSSR count). The van der Waals surface area contributed by atoms with Crippen LogP contribution in [0.15, 0.2) is 42.5 Å². The lowest BCUT2D eigenvalue weighted by molar-refractivity contribution is 0.551. The number of rotatable bonds is 3. The van der Waals surface area contributed by atoms with Gasteiger partial charge in [-0.15, -0.1) is 11.6 Å². The molecule has 0 saturated heterocycles. The van der Waals surface area contributed by atoms with Crippen LogP contribution in [0.2, 0.25) is 5.02 Å². The molecular weight excluding hydrogens is 277 g/mol. The predicted octanol–water partition coefficient (Wildman–Crippen LogP) is 5.14. The second-order valence-electron chi connectivity index (χ2n) is 3.90. The van der Waals surface area contributed by atoms with Gasteiger partial charge in [0, 0.05) is 10.6 Å². The summed E-state index contributed by atoms with van der Waals surface area (Å²) in [4.78, 5) is 0. The van der Waals surface area contributed by atoms with E-state index in [1.165, 1.54) is 18.2 Å². The number of halogens is 4. The Hall–Kier alpha value is -1.12. The van der Waals surface area contributed by atoms with Crippen molar-refractivity contribution in [2.24, 2.45) is 0 Å². The molecule has 0 spiro atoms. The average molecular weight is 287 g/mol. The van der Waals surface area contributed by atoms with E-state index in [1.807, 2.05) is 6.07 Å². The van der Waals surface area contributed by atoms with Crippen molar-refractivity contribution in [2.75, 3.05) is 0 Å². The summed E-state index contributed by atoms with van der Waals surface area (Å²) in [6.45, 7) is 0. The molecule has 0 aliphatic carbocycles. The third-order valence-electron chi connectivity index (χ3n) is 2.67. The Bertz CT molecular complexity index is 535. The minimum atomic E-state index is -0.786. The van der Waals surface area contributed by atoms with Gasteiger partial charge in [-0.3, -0.25) is 0 Å². The Morgan fingerprint density at radius 3 is 2.17 bits per heavy atom. The molecule has 0 aliphatic rings. The SMILES string of the molecule is Fc1cccc(F)c1C(Cl)Cc1ccccc1Cl. The average Bonchev–Trinajstić information content (AvgIpc) is 2.32. The molecule has 0 saturated carbocycles. The van der Waals surface area contributed by atoms with Crippen molar-refractivity contribution in [1.29, 1.82) is 0 Å². The topological polar surface area (TPSA) is 0 Å². The molecule has 0 aliphatic heterocycles. The molecule has 0 fully saturated rings. The van der Waals surface area contributed by atoms with Crippen LogP contribution in [0.5, 0.6) is 0 Å². The molecule has 1 atom stereocenters. The lowest BCUT2D eigenvalue weighted by Crippen LogP contribution is -2.02. The molecule has 4 heteroatoms. The quantitative estimate of drug-likeness (QED) is 0.685. The van der Waals surface area contributed by atoms with Gasteiger partial charge in [-0.2, -0.15) is 0 Å². The smallest absolute Gasteiger partial charge is 0.130 e. The zero-order valence-electron chi connectivity index (χ0n) is 9.34. The van der Waals surface area contributed by atoms with Crippen LogP contribution in [-0.4, -0.2) is 0 Å². The number of hydrogen-bond acceptors (Lipinski definition) is 0. The molecule has 94 valence electrons. The largest absolute Gasteiger partial charge is 0.207 e. The van der Waals surface area contributed by atoms with Crippen LogP contribution in [0.4, 0.5) is 8.78 Å². The summed E-state index contributed by atoms with van der Waals surface area (Å²) in [5, 5.41) is -0.244. The second kappa shape index (κ2) is 5.68. The summed E-state index contributed by atoms with van der Waals surface area (Å²) in [5.41, 5.74) is 0.654. The van der Waals surface area contributed by atoms with Crippen molar-refractivity contribution in [2.45, 2.75) is 11.8 Å². The van der Waals surface area contributed by atoms with Crippen molar-refractivity contribution in [3.8, 4) is 0 Å². The van der Waals surface area contributed by atoms with Crippen LogP contribution >= 0.6 is 23.2 Å². The van der Waals surface area contributed by atoms with E-state index in [-0.39, 0.29) is 12.0 Å². The van der Waals surface area contributed by atoms with Gasteiger partial charge in [0.25, 0.3) is 0 Å². The molecule has 0 N–H and O–H groups in total. The number of hydrogen-bond donors (Lipinski definition) is 0. The van der Waals surface area contributed by atoms with Crippen molar-refractivity contribution in [3.05, 3.63) is 70.2 Å². The van der Waals surface area contributed by atoms with Crippen LogP contribution in [0, 0.1) is 11.6 Å². The molecular formula is C14H10Cl2F2. The van der Waals surface area contributed by atoms with Crippen molar-refractivity contribution in [3.63, 3.8) is 0 Å². The Kier molecular flexibility index (Phi) is 4.20. The zero-order chi connectivity index (χ0) is 13.1. The summed E-state index contributed by atoms with van der Waals surface area (Å²) in [7, 11) is 0. The van der Waals surface area contributed by atoms with Gasteiger partial charge in [0.1, 0.15) is 11.6 Å². The van der Waals surface area contributed by atoms with Gasteiger partial charge >= 0.3 is 0 Å². The fourth-order valence-electron chi connectivity index (χ4n) is 1.77. The normalized spacial score (nSPS) is 12.4. The van der Waals surface area contributed by atoms with Crippen LogP contribution in [0.1, 0.15) is 16.5 Å². The minimum absolute atomic E-state index is 0.112. The van der Waals surface area contributed by atoms with E-state index < -0.39 is 17.0 Å². The molecule has 1 unspecified atom stereocenters. The highest BCUT2D eigenvalue weighted by Gasteiger charge is 2.19. The molecule has 0 nitrogen and oxygen atoms in total. The van der Waals surface area contributed by atoms with Crippen LogP contribution in [0.3, 0.4) is 0 Å². The molecule has 0 radical (unpaired) electrons. The molecule has 0 amide bonds. The number of benzene rings is 2. The molecule has 0 aromatic heterocycles. The lowest BCUT2D eigenvalue weighted by Gasteiger charge is -2.12. The Balaban J connectivity index is 2.28. The van der Waals surface area contributed by atoms with E-state index in [9.17, 15) is 8.78 Å². The van der Waals surface area contributed by atoms with Gasteiger partial charge in [0.15, 0.2) is 0 Å². The molecule has 18 heavy (non-hydrogen) atoms. The van der Waals surface area contributed by atoms with E-state index >= 15 is 0 Å². The summed E-state index contributed by atoms with van der Waals surface area (Å²) in [6, 6.07) is 10.8. The highest BCUT2D eigenvalue weighted by atomic mass is 35.5. The predicted molar refractivity (Wildman–Crippen MR) is 70.1 cm³/mol. The van der Waals surface area contributed by atoms with E-state index in [2.05, 4.69) is 0 Å². The highest BCUT2D eigenvalue weighted by molar-refractivity contribution is 6.31. The van der Waals surface area contributed by atoms with Crippen LogP contribution < -0.4 is 0 Å². The lowest BCUT2D eigenvalue weighted by atomic mass is 10.0. The number of alkyl halides is 1. The Labute approximate surface area is 114 Å². The zero-order valence-corrected chi connectivity index (χ0v) is 10.8. The third-order valence-corrected chi connectivity index (χ3v) is 3.41. The maximum Gasteiger partial charge on any atom is 0.130 e. The highest BCUT2D eigenvalue weighted by Crippen LogP contribution is 2.31. The fraction of sp³-hybridized carbons (Fsp3) is 0.143. The van der Waals surface area contributed by atoms with Gasteiger partial charge in [-0.25, -0.2) is 8.78 Å². The standard InChI is InChI=1S/C14H10Cl2F2/c15-10-5-2-1-4-9(10)8-11(16)14-12(17)6-3-7-13(14)18/h1-7,11H,8H2. The van der Waals surface area contributed by atoms with E-state index in [4.69, 9.17) is 23.2 Å². The summed E-state index contributed by atoms with van der Waals surface area (Å²) < 4.78 is 27.1. The van der Waals surface area contributed by atoms with Gasteiger partial charge in [0.05, 0.1) is 5.38 Å². The van der Waals surface area contributed by atoms with Crippen LogP contribution in [0.25, 0.3) is 0 Å². The van der Waals surface area contributed by atoms with Crippen molar-refractivity contribution >= 4 is 23.2 Å². The fourth-order valence-corrected chi connectivity index (χ4v) is 2.36. The van der Waals surface area contributed by atoms with Crippen LogP contribution in [-0.2, 0) is 6.42 Å². The van der Waals surface area contributed by atoms with E-state index in [0.29, 0.717) is 5.02 Å². The van der Waals surface area contributed by atoms with Gasteiger partial charge in [-0.05, 0) is 30.2 Å². The van der Waals surface area contributed by atoms with Gasteiger partial charge in [0.2, 0.25) is 0 Å². The first-order valence-electron chi connectivity index (χ1n) is 5.41. The summed E-state index contributed by atoms with van der Waals surface area (Å²) in [5.74, 6) is -1.27. The van der Waals surface area contributed by atoms with Crippen molar-refractivity contribution < 1.29 is 8.78 Å². The second-order valence-corrected chi connectivity index (χ2v) is 4.83. The third kappa shape index (κ3) is 2.82. The summed E-state index contributed by atoms with van der Waals surface area (Å²) in [6.07, 6.45) is 0.277.